The minimum Gasteiger partial charge on any atom is -0.481 e. The highest BCUT2D eigenvalue weighted by molar-refractivity contribution is 5.84. The van der Waals surface area contributed by atoms with Crippen molar-refractivity contribution in [1.82, 2.24) is 4.90 Å². The number of carboxylic acid groups (broad SMARTS) is 1. The van der Waals surface area contributed by atoms with Gasteiger partial charge in [-0.15, -0.1) is 0 Å². The van der Waals surface area contributed by atoms with E-state index < -0.39 is 11.4 Å². The van der Waals surface area contributed by atoms with E-state index >= 15 is 0 Å². The monoisotopic (exact) mass is 255 g/mol. The fourth-order valence-corrected chi connectivity index (χ4v) is 2.79. The molecule has 2 saturated heterocycles. The average molecular weight is 255 g/mol. The summed E-state index contributed by atoms with van der Waals surface area (Å²) in [6.45, 7) is 7.03. The standard InChI is InChI=1S/C13H21NO4/c1-8-4-5-18-10(8)11(15)14-6-9(2)13(3,7-14)12(16)17/h8-10H,4-7H2,1-3H3,(H,16,17)/t8?,9-,10?,13-/m1/s1. The van der Waals surface area contributed by atoms with Crippen molar-refractivity contribution < 1.29 is 19.4 Å². The predicted octanol–water partition coefficient (Wildman–Crippen LogP) is 0.981. The first-order valence-corrected chi connectivity index (χ1v) is 6.50. The highest BCUT2D eigenvalue weighted by Gasteiger charge is 2.49. The second kappa shape index (κ2) is 4.53. The molecule has 0 aromatic heterocycles. The first kappa shape index (κ1) is 13.3. The van der Waals surface area contributed by atoms with E-state index in [2.05, 4.69) is 0 Å². The van der Waals surface area contributed by atoms with Crippen molar-refractivity contribution in [3.05, 3.63) is 0 Å². The zero-order chi connectivity index (χ0) is 13.5. The zero-order valence-electron chi connectivity index (χ0n) is 11.2. The summed E-state index contributed by atoms with van der Waals surface area (Å²) in [4.78, 5) is 25.3. The van der Waals surface area contributed by atoms with E-state index in [-0.39, 0.29) is 30.4 Å². The molecule has 0 spiro atoms. The smallest absolute Gasteiger partial charge is 0.311 e. The van der Waals surface area contributed by atoms with E-state index in [0.29, 0.717) is 13.2 Å². The summed E-state index contributed by atoms with van der Waals surface area (Å²) in [7, 11) is 0. The van der Waals surface area contributed by atoms with Crippen molar-refractivity contribution in [3.8, 4) is 0 Å². The largest absolute Gasteiger partial charge is 0.481 e. The van der Waals surface area contributed by atoms with E-state index in [4.69, 9.17) is 4.74 Å². The van der Waals surface area contributed by atoms with Crippen molar-refractivity contribution in [2.24, 2.45) is 17.3 Å². The van der Waals surface area contributed by atoms with Gasteiger partial charge in [-0.05, 0) is 25.2 Å². The van der Waals surface area contributed by atoms with Gasteiger partial charge in [0.05, 0.1) is 5.41 Å². The van der Waals surface area contributed by atoms with Crippen LogP contribution in [0.4, 0.5) is 0 Å². The maximum Gasteiger partial charge on any atom is 0.311 e. The minimum atomic E-state index is -0.836. The van der Waals surface area contributed by atoms with Gasteiger partial charge >= 0.3 is 5.97 Å². The molecule has 0 radical (unpaired) electrons. The zero-order valence-corrected chi connectivity index (χ0v) is 11.2. The molecule has 0 aromatic carbocycles. The minimum absolute atomic E-state index is 0.0318. The van der Waals surface area contributed by atoms with Crippen LogP contribution < -0.4 is 0 Å². The maximum atomic E-state index is 12.3. The number of nitrogens with zero attached hydrogens (tertiary/aromatic N) is 1. The SMILES string of the molecule is CC1CCOC1C(=O)N1C[C@@H](C)[C@](C)(C(=O)O)C1. The van der Waals surface area contributed by atoms with Crippen molar-refractivity contribution in [3.63, 3.8) is 0 Å². The third-order valence-corrected chi connectivity index (χ3v) is 4.53. The number of likely N-dealkylation sites (tertiary alicyclic amines) is 1. The summed E-state index contributed by atoms with van der Waals surface area (Å²) in [6, 6.07) is 0. The van der Waals surface area contributed by atoms with E-state index in [1.165, 1.54) is 0 Å². The van der Waals surface area contributed by atoms with Crippen molar-refractivity contribution in [2.45, 2.75) is 33.3 Å². The number of carboxylic acids is 1. The number of hydrogen-bond acceptors (Lipinski definition) is 3. The number of carbonyl (C=O) groups excluding carboxylic acids is 1. The quantitative estimate of drug-likeness (QED) is 0.798. The Hall–Kier alpha value is -1.10. The molecule has 2 rings (SSSR count). The first-order valence-electron chi connectivity index (χ1n) is 6.50. The molecule has 0 bridgehead atoms. The number of rotatable bonds is 2. The lowest BCUT2D eigenvalue weighted by Gasteiger charge is -2.24. The molecule has 2 aliphatic heterocycles. The van der Waals surface area contributed by atoms with Gasteiger partial charge in [0.25, 0.3) is 5.91 Å². The molecule has 2 unspecified atom stereocenters. The molecular formula is C13H21NO4. The fraction of sp³-hybridized carbons (Fsp3) is 0.846. The van der Waals surface area contributed by atoms with Gasteiger partial charge in [-0.3, -0.25) is 9.59 Å². The van der Waals surface area contributed by atoms with Crippen LogP contribution >= 0.6 is 0 Å². The van der Waals surface area contributed by atoms with Gasteiger partial charge in [0.1, 0.15) is 6.10 Å². The summed E-state index contributed by atoms with van der Waals surface area (Å²) in [5.41, 5.74) is -0.836. The van der Waals surface area contributed by atoms with Crippen LogP contribution in [-0.4, -0.2) is 47.7 Å². The predicted molar refractivity (Wildman–Crippen MR) is 65.0 cm³/mol. The van der Waals surface area contributed by atoms with Crippen LogP contribution in [0.1, 0.15) is 27.2 Å². The lowest BCUT2D eigenvalue weighted by Crippen LogP contribution is -2.42. The van der Waals surface area contributed by atoms with Crippen LogP contribution in [0.15, 0.2) is 0 Å². The molecule has 0 saturated carbocycles. The van der Waals surface area contributed by atoms with Gasteiger partial charge in [0.15, 0.2) is 0 Å². The van der Waals surface area contributed by atoms with Gasteiger partial charge in [0.2, 0.25) is 0 Å². The summed E-state index contributed by atoms with van der Waals surface area (Å²) < 4.78 is 5.46. The highest BCUT2D eigenvalue weighted by atomic mass is 16.5. The Morgan fingerprint density at radius 1 is 1.39 bits per heavy atom. The summed E-state index contributed by atoms with van der Waals surface area (Å²) in [6.07, 6.45) is 0.518. The molecule has 5 heteroatoms. The van der Waals surface area contributed by atoms with Crippen LogP contribution in [0, 0.1) is 17.3 Å². The Morgan fingerprint density at radius 3 is 2.50 bits per heavy atom. The topological polar surface area (TPSA) is 66.8 Å². The second-order valence-electron chi connectivity index (χ2n) is 5.90. The number of hydrogen-bond donors (Lipinski definition) is 1. The Morgan fingerprint density at radius 2 is 2.06 bits per heavy atom. The lowest BCUT2D eigenvalue weighted by molar-refractivity contribution is -0.149. The van der Waals surface area contributed by atoms with Crippen molar-refractivity contribution >= 4 is 11.9 Å². The Kier molecular flexibility index (Phi) is 3.36. The lowest BCUT2D eigenvalue weighted by atomic mass is 9.81. The normalized spacial score (nSPS) is 40.2. The number of amides is 1. The Labute approximate surface area is 107 Å². The van der Waals surface area contributed by atoms with E-state index in [1.807, 2.05) is 13.8 Å². The number of ether oxygens (including phenoxy) is 1. The third-order valence-electron chi connectivity index (χ3n) is 4.53. The second-order valence-corrected chi connectivity index (χ2v) is 5.90. The van der Waals surface area contributed by atoms with Crippen molar-refractivity contribution in [1.29, 1.82) is 0 Å². The molecule has 2 heterocycles. The summed E-state index contributed by atoms with van der Waals surface area (Å²) >= 11 is 0. The van der Waals surface area contributed by atoms with Crippen LogP contribution in [0.3, 0.4) is 0 Å². The molecule has 2 fully saturated rings. The molecule has 18 heavy (non-hydrogen) atoms. The number of carbonyl (C=O) groups is 2. The molecule has 0 aliphatic carbocycles. The molecular weight excluding hydrogens is 234 g/mol. The Bertz CT molecular complexity index is 370. The van der Waals surface area contributed by atoms with Gasteiger partial charge in [-0.2, -0.15) is 0 Å². The van der Waals surface area contributed by atoms with Crippen molar-refractivity contribution in [2.75, 3.05) is 19.7 Å². The molecule has 5 nitrogen and oxygen atoms in total. The van der Waals surface area contributed by atoms with Gasteiger partial charge < -0.3 is 14.7 Å². The van der Waals surface area contributed by atoms with Crippen LogP contribution in [-0.2, 0) is 14.3 Å². The van der Waals surface area contributed by atoms with Gasteiger partial charge in [0, 0.05) is 19.7 Å². The molecule has 1 N–H and O–H groups in total. The van der Waals surface area contributed by atoms with E-state index in [9.17, 15) is 14.7 Å². The van der Waals surface area contributed by atoms with Crippen LogP contribution in [0.25, 0.3) is 0 Å². The Balaban J connectivity index is 2.08. The molecule has 4 atom stereocenters. The molecule has 102 valence electrons. The third kappa shape index (κ3) is 2.00. The van der Waals surface area contributed by atoms with Gasteiger partial charge in [-0.25, -0.2) is 0 Å². The van der Waals surface area contributed by atoms with Gasteiger partial charge in [-0.1, -0.05) is 13.8 Å². The summed E-state index contributed by atoms with van der Waals surface area (Å²) in [5, 5.41) is 9.29. The van der Waals surface area contributed by atoms with E-state index in [1.54, 1.807) is 11.8 Å². The number of aliphatic carboxylic acids is 1. The average Bonchev–Trinajstić information content (AvgIpc) is 2.84. The van der Waals surface area contributed by atoms with E-state index in [0.717, 1.165) is 6.42 Å². The molecule has 0 aromatic rings. The van der Waals surface area contributed by atoms with Crippen LogP contribution in [0.5, 0.6) is 0 Å². The van der Waals surface area contributed by atoms with Crippen LogP contribution in [0.2, 0.25) is 0 Å². The molecule has 2 aliphatic rings. The fourth-order valence-electron chi connectivity index (χ4n) is 2.79. The highest BCUT2D eigenvalue weighted by Crippen LogP contribution is 2.37. The first-order chi connectivity index (χ1) is 8.36. The molecule has 1 amide bonds. The maximum absolute atomic E-state index is 12.3. The summed E-state index contributed by atoms with van der Waals surface area (Å²) in [5.74, 6) is -0.678.